The first-order chi connectivity index (χ1) is 7.79. The number of likely N-dealkylation sites (tertiary alicyclic amines) is 1. The van der Waals surface area contributed by atoms with E-state index in [-0.39, 0.29) is 0 Å². The van der Waals surface area contributed by atoms with Crippen LogP contribution in [0.5, 0.6) is 0 Å². The Morgan fingerprint density at radius 2 is 1.94 bits per heavy atom. The van der Waals surface area contributed by atoms with Crippen molar-refractivity contribution in [3.63, 3.8) is 0 Å². The lowest BCUT2D eigenvalue weighted by molar-refractivity contribution is 0.0917. The molecule has 2 rings (SSSR count). The Bertz CT molecular complexity index is 202. The van der Waals surface area contributed by atoms with Gasteiger partial charge in [-0.2, -0.15) is 0 Å². The summed E-state index contributed by atoms with van der Waals surface area (Å²) < 4.78 is 5.23. The van der Waals surface area contributed by atoms with Gasteiger partial charge in [-0.05, 0) is 50.6 Å². The minimum atomic E-state index is 0.469. The van der Waals surface area contributed by atoms with Crippen LogP contribution in [0.4, 0.5) is 0 Å². The molecule has 0 radical (unpaired) electrons. The fraction of sp³-hybridized carbons (Fsp3) is 1.00. The van der Waals surface area contributed by atoms with Crippen LogP contribution in [-0.2, 0) is 4.74 Å². The minimum Gasteiger partial charge on any atom is -0.384 e. The first-order valence-corrected chi connectivity index (χ1v) is 6.76. The van der Waals surface area contributed by atoms with Crippen LogP contribution in [0, 0.1) is 11.8 Å². The normalized spacial score (nSPS) is 33.4. The fourth-order valence-electron chi connectivity index (χ4n) is 3.20. The predicted octanol–water partition coefficient (Wildman–Crippen LogP) is 1.47. The summed E-state index contributed by atoms with van der Waals surface area (Å²) in [6.07, 6.45) is 6.53. The van der Waals surface area contributed by atoms with Gasteiger partial charge in [0.1, 0.15) is 0 Å². The van der Waals surface area contributed by atoms with Crippen LogP contribution in [0.15, 0.2) is 0 Å². The maximum absolute atomic E-state index is 6.12. The van der Waals surface area contributed by atoms with Crippen molar-refractivity contribution in [1.82, 2.24) is 4.90 Å². The maximum Gasteiger partial charge on any atom is 0.0491 e. The lowest BCUT2D eigenvalue weighted by atomic mass is 9.96. The maximum atomic E-state index is 6.12. The molecule has 0 amide bonds. The molecule has 1 aliphatic heterocycles. The molecule has 1 heterocycles. The van der Waals surface area contributed by atoms with E-state index in [0.29, 0.717) is 6.04 Å². The second-order valence-corrected chi connectivity index (χ2v) is 5.55. The second-order valence-electron chi connectivity index (χ2n) is 5.55. The van der Waals surface area contributed by atoms with Gasteiger partial charge in [-0.1, -0.05) is 6.42 Å². The summed E-state index contributed by atoms with van der Waals surface area (Å²) >= 11 is 0. The molecule has 1 aliphatic carbocycles. The summed E-state index contributed by atoms with van der Waals surface area (Å²) in [5.74, 6) is 1.55. The SMILES string of the molecule is COCC1CCN(CC2CCCC2N)CC1. The quantitative estimate of drug-likeness (QED) is 0.789. The number of nitrogens with zero attached hydrogens (tertiary/aromatic N) is 1. The van der Waals surface area contributed by atoms with Gasteiger partial charge in [0.05, 0.1) is 0 Å². The van der Waals surface area contributed by atoms with Crippen LogP contribution in [0.2, 0.25) is 0 Å². The summed E-state index contributed by atoms with van der Waals surface area (Å²) in [4.78, 5) is 2.61. The second kappa shape index (κ2) is 5.99. The first kappa shape index (κ1) is 12.3. The molecule has 0 spiro atoms. The molecule has 0 bridgehead atoms. The predicted molar refractivity (Wildman–Crippen MR) is 66.4 cm³/mol. The molecule has 16 heavy (non-hydrogen) atoms. The van der Waals surface area contributed by atoms with Crippen molar-refractivity contribution in [2.45, 2.75) is 38.1 Å². The zero-order valence-electron chi connectivity index (χ0n) is 10.5. The molecule has 2 fully saturated rings. The molecule has 2 aliphatic rings. The van der Waals surface area contributed by atoms with Gasteiger partial charge in [-0.25, -0.2) is 0 Å². The number of methoxy groups -OCH3 is 1. The zero-order chi connectivity index (χ0) is 11.4. The highest BCUT2D eigenvalue weighted by atomic mass is 16.5. The third-order valence-electron chi connectivity index (χ3n) is 4.32. The van der Waals surface area contributed by atoms with E-state index in [2.05, 4.69) is 4.90 Å². The molecule has 0 aromatic rings. The highest BCUT2D eigenvalue weighted by molar-refractivity contribution is 4.84. The summed E-state index contributed by atoms with van der Waals surface area (Å²) in [7, 11) is 1.81. The summed E-state index contributed by atoms with van der Waals surface area (Å²) in [5, 5.41) is 0. The van der Waals surface area contributed by atoms with Crippen LogP contribution in [0.3, 0.4) is 0 Å². The Morgan fingerprint density at radius 3 is 2.50 bits per heavy atom. The molecule has 1 saturated heterocycles. The van der Waals surface area contributed by atoms with E-state index in [1.54, 1.807) is 0 Å². The van der Waals surface area contributed by atoms with Gasteiger partial charge in [0.15, 0.2) is 0 Å². The highest BCUT2D eigenvalue weighted by Gasteiger charge is 2.27. The minimum absolute atomic E-state index is 0.469. The monoisotopic (exact) mass is 226 g/mol. The lowest BCUT2D eigenvalue weighted by Gasteiger charge is -2.34. The van der Waals surface area contributed by atoms with Gasteiger partial charge in [0, 0.05) is 26.3 Å². The summed E-state index contributed by atoms with van der Waals surface area (Å²) in [5.41, 5.74) is 6.12. The van der Waals surface area contributed by atoms with Crippen molar-refractivity contribution in [2.75, 3.05) is 33.4 Å². The Kier molecular flexibility index (Phi) is 4.62. The van der Waals surface area contributed by atoms with Gasteiger partial charge >= 0.3 is 0 Å². The van der Waals surface area contributed by atoms with E-state index in [1.165, 1.54) is 51.7 Å². The molecule has 1 saturated carbocycles. The van der Waals surface area contributed by atoms with Crippen molar-refractivity contribution in [3.8, 4) is 0 Å². The third kappa shape index (κ3) is 3.19. The Balaban J connectivity index is 1.68. The fourth-order valence-corrected chi connectivity index (χ4v) is 3.20. The van der Waals surface area contributed by atoms with Crippen LogP contribution < -0.4 is 5.73 Å². The average molecular weight is 226 g/mol. The van der Waals surface area contributed by atoms with Gasteiger partial charge in [-0.3, -0.25) is 0 Å². The first-order valence-electron chi connectivity index (χ1n) is 6.76. The van der Waals surface area contributed by atoms with Crippen molar-refractivity contribution in [3.05, 3.63) is 0 Å². The molecule has 3 nitrogen and oxygen atoms in total. The number of hydrogen-bond donors (Lipinski definition) is 1. The van der Waals surface area contributed by atoms with E-state index in [1.807, 2.05) is 7.11 Å². The number of piperidine rings is 1. The molecule has 0 aromatic heterocycles. The Labute approximate surface area is 99.3 Å². The molecule has 3 heteroatoms. The molecule has 2 atom stereocenters. The molecule has 0 aromatic carbocycles. The van der Waals surface area contributed by atoms with Crippen molar-refractivity contribution in [1.29, 1.82) is 0 Å². The summed E-state index contributed by atoms with van der Waals surface area (Å²) in [6.45, 7) is 4.67. The van der Waals surface area contributed by atoms with Crippen molar-refractivity contribution in [2.24, 2.45) is 17.6 Å². The zero-order valence-corrected chi connectivity index (χ0v) is 10.5. The van der Waals surface area contributed by atoms with Crippen LogP contribution in [0.25, 0.3) is 0 Å². The summed E-state index contributed by atoms with van der Waals surface area (Å²) in [6, 6.07) is 0.469. The topological polar surface area (TPSA) is 38.5 Å². The van der Waals surface area contributed by atoms with Gasteiger partial charge < -0.3 is 15.4 Å². The largest absolute Gasteiger partial charge is 0.384 e. The van der Waals surface area contributed by atoms with E-state index < -0.39 is 0 Å². The van der Waals surface area contributed by atoms with E-state index >= 15 is 0 Å². The van der Waals surface area contributed by atoms with Crippen LogP contribution in [0.1, 0.15) is 32.1 Å². The Morgan fingerprint density at radius 1 is 1.19 bits per heavy atom. The number of hydrogen-bond acceptors (Lipinski definition) is 3. The molecule has 2 N–H and O–H groups in total. The number of rotatable bonds is 4. The number of nitrogens with two attached hydrogens (primary N) is 1. The van der Waals surface area contributed by atoms with E-state index in [0.717, 1.165) is 18.4 Å². The third-order valence-corrected chi connectivity index (χ3v) is 4.32. The van der Waals surface area contributed by atoms with Gasteiger partial charge in [0.25, 0.3) is 0 Å². The average Bonchev–Trinajstić information content (AvgIpc) is 2.68. The lowest BCUT2D eigenvalue weighted by Crippen LogP contribution is -2.41. The van der Waals surface area contributed by atoms with E-state index in [4.69, 9.17) is 10.5 Å². The van der Waals surface area contributed by atoms with Crippen molar-refractivity contribution >= 4 is 0 Å². The van der Waals surface area contributed by atoms with E-state index in [9.17, 15) is 0 Å². The number of ether oxygens (including phenoxy) is 1. The van der Waals surface area contributed by atoms with Gasteiger partial charge in [0.2, 0.25) is 0 Å². The molecule has 94 valence electrons. The smallest absolute Gasteiger partial charge is 0.0491 e. The van der Waals surface area contributed by atoms with Gasteiger partial charge in [-0.15, -0.1) is 0 Å². The van der Waals surface area contributed by atoms with Crippen molar-refractivity contribution < 1.29 is 4.74 Å². The molecule has 2 unspecified atom stereocenters. The standard InChI is InChI=1S/C13H26N2O/c1-16-10-11-5-7-15(8-6-11)9-12-3-2-4-13(12)14/h11-13H,2-10,14H2,1H3. The Hall–Kier alpha value is -0.120. The molecular weight excluding hydrogens is 200 g/mol. The van der Waals surface area contributed by atoms with Crippen LogP contribution >= 0.6 is 0 Å². The molecular formula is C13H26N2O. The van der Waals surface area contributed by atoms with Crippen LogP contribution in [-0.4, -0.2) is 44.3 Å². The highest BCUT2D eigenvalue weighted by Crippen LogP contribution is 2.26.